The van der Waals surface area contributed by atoms with Gasteiger partial charge in [0.05, 0.1) is 10.7 Å². The molecule has 0 amide bonds. The number of alkyl halides is 4. The van der Waals surface area contributed by atoms with Crippen LogP contribution in [0.2, 0.25) is 0 Å². The van der Waals surface area contributed by atoms with Crippen LogP contribution in [-0.4, -0.2) is 14.0 Å². The van der Waals surface area contributed by atoms with Crippen LogP contribution in [-0.2, 0) is 16.1 Å². The maximum atomic E-state index is 12.9. The zero-order chi connectivity index (χ0) is 21.6. The van der Waals surface area contributed by atoms with E-state index in [2.05, 4.69) is 63.0 Å². The summed E-state index contributed by atoms with van der Waals surface area (Å²) < 4.78 is 4.63. The number of hydrogen-bond acceptors (Lipinski definition) is 2. The molecule has 1 saturated carbocycles. The van der Waals surface area contributed by atoms with Crippen molar-refractivity contribution in [2.75, 3.05) is 0 Å². The van der Waals surface area contributed by atoms with Gasteiger partial charge in [0, 0.05) is 0 Å². The fraction of sp³-hybridized carbons (Fsp3) is 0.435. The Hall–Kier alpha value is -0.550. The number of halogens is 4. The van der Waals surface area contributed by atoms with Crippen LogP contribution in [0.4, 0.5) is 0 Å². The number of rotatable bonds is 6. The normalized spacial score (nSPS) is 21.5. The molecule has 0 N–H and O–H groups in total. The highest BCUT2D eigenvalue weighted by Crippen LogP contribution is 2.65. The van der Waals surface area contributed by atoms with Crippen LogP contribution >= 0.6 is 55.1 Å². The Labute approximate surface area is 199 Å². The molecule has 1 aliphatic rings. The van der Waals surface area contributed by atoms with Gasteiger partial charge in [0.1, 0.15) is 6.61 Å². The zero-order valence-electron chi connectivity index (χ0n) is 16.8. The van der Waals surface area contributed by atoms with Crippen molar-refractivity contribution >= 4 is 61.0 Å². The predicted molar refractivity (Wildman–Crippen MR) is 128 cm³/mol. The monoisotopic (exact) mass is 560 g/mol. The van der Waals surface area contributed by atoms with Crippen LogP contribution in [0.1, 0.15) is 30.5 Å². The molecule has 1 aliphatic carbocycles. The lowest BCUT2D eigenvalue weighted by Gasteiger charge is -2.20. The summed E-state index contributed by atoms with van der Waals surface area (Å²) in [5.41, 5.74) is 5.37. The summed E-state index contributed by atoms with van der Waals surface area (Å²) in [6, 6.07) is 14.4. The average Bonchev–Trinajstić information content (AvgIpc) is 3.22. The number of ether oxygens (including phenoxy) is 1. The highest BCUT2D eigenvalue weighted by Gasteiger charge is 2.67. The van der Waals surface area contributed by atoms with Gasteiger partial charge in [-0.2, -0.15) is 0 Å². The Morgan fingerprint density at radius 3 is 2.38 bits per heavy atom. The van der Waals surface area contributed by atoms with Gasteiger partial charge in [-0.3, -0.25) is 4.79 Å². The average molecular weight is 563 g/mol. The molecule has 0 bridgehead atoms. The van der Waals surface area contributed by atoms with E-state index < -0.39 is 3.24 Å². The Balaban J connectivity index is 1.76. The van der Waals surface area contributed by atoms with E-state index in [0.29, 0.717) is 0 Å². The zero-order valence-corrected chi connectivity index (χ0v) is 21.5. The lowest BCUT2D eigenvalue weighted by Crippen LogP contribution is -2.23. The molecule has 0 aliphatic heterocycles. The molecular formula is C23H24Br2Cl2O2. The van der Waals surface area contributed by atoms with Gasteiger partial charge in [-0.15, -0.1) is 0 Å². The molecule has 2 aromatic carbocycles. The number of carbonyl (C=O) groups is 1. The molecule has 0 radical (unpaired) electrons. The van der Waals surface area contributed by atoms with Crippen molar-refractivity contribution in [1.82, 2.24) is 0 Å². The Morgan fingerprint density at radius 2 is 1.79 bits per heavy atom. The summed E-state index contributed by atoms with van der Waals surface area (Å²) in [7, 11) is 0. The summed E-state index contributed by atoms with van der Waals surface area (Å²) >= 11 is 19.2. The first-order chi connectivity index (χ1) is 13.5. The highest BCUT2D eigenvalue weighted by molar-refractivity contribution is 9.13. The minimum atomic E-state index is -1.14. The molecule has 2 aromatic rings. The lowest BCUT2D eigenvalue weighted by atomic mass is 9.94. The molecule has 6 heteroatoms. The van der Waals surface area contributed by atoms with E-state index in [1.165, 1.54) is 0 Å². The largest absolute Gasteiger partial charge is 0.461 e. The van der Waals surface area contributed by atoms with Crippen molar-refractivity contribution in [2.24, 2.45) is 17.3 Å². The van der Waals surface area contributed by atoms with Crippen molar-refractivity contribution in [3.05, 3.63) is 59.2 Å². The first kappa shape index (κ1) is 23.1. The molecule has 29 heavy (non-hydrogen) atoms. The maximum Gasteiger partial charge on any atom is 0.310 e. The molecule has 0 spiro atoms. The van der Waals surface area contributed by atoms with Gasteiger partial charge >= 0.3 is 5.97 Å². The number of hydrogen-bond donors (Lipinski definition) is 0. The molecule has 3 atom stereocenters. The maximum absolute atomic E-state index is 12.9. The van der Waals surface area contributed by atoms with Crippen LogP contribution < -0.4 is 0 Å². The van der Waals surface area contributed by atoms with Crippen molar-refractivity contribution in [3.63, 3.8) is 0 Å². The summed E-state index contributed by atoms with van der Waals surface area (Å²) in [5, 5.41) is 0. The molecule has 1 fully saturated rings. The predicted octanol–water partition coefficient (Wildman–Crippen LogP) is 7.58. The van der Waals surface area contributed by atoms with E-state index in [1.807, 2.05) is 39.0 Å². The van der Waals surface area contributed by atoms with E-state index in [9.17, 15) is 4.79 Å². The van der Waals surface area contributed by atoms with Crippen molar-refractivity contribution in [1.29, 1.82) is 0 Å². The van der Waals surface area contributed by atoms with Gasteiger partial charge in [-0.1, -0.05) is 95.4 Å². The number of aryl methyl sites for hydroxylation is 1. The molecule has 0 aromatic heterocycles. The minimum absolute atomic E-state index is 0.0118. The Bertz CT molecular complexity index is 907. The van der Waals surface area contributed by atoms with E-state index in [0.717, 1.165) is 27.8 Å². The van der Waals surface area contributed by atoms with E-state index in [1.54, 1.807) is 0 Å². The SMILES string of the molecule is Cc1ccc(-c2ccccc2)c(C)c1COC(=O)[C@@H]1[C@H](C(Br)C(Cl)(Cl)Br)C1(C)C. The summed E-state index contributed by atoms with van der Waals surface area (Å²) in [6.07, 6.45) is 0. The van der Waals surface area contributed by atoms with E-state index >= 15 is 0 Å². The van der Waals surface area contributed by atoms with Crippen LogP contribution in [0.25, 0.3) is 11.1 Å². The van der Waals surface area contributed by atoms with Gasteiger partial charge in [0.2, 0.25) is 0 Å². The number of esters is 1. The molecule has 0 heterocycles. The van der Waals surface area contributed by atoms with E-state index in [-0.39, 0.29) is 34.7 Å². The summed E-state index contributed by atoms with van der Waals surface area (Å²) in [4.78, 5) is 12.6. The number of benzene rings is 2. The molecule has 2 nitrogen and oxygen atoms in total. The van der Waals surface area contributed by atoms with Crippen LogP contribution in [0.3, 0.4) is 0 Å². The minimum Gasteiger partial charge on any atom is -0.461 e. The van der Waals surface area contributed by atoms with Crippen molar-refractivity contribution in [3.8, 4) is 11.1 Å². The number of carbonyl (C=O) groups excluding carboxylic acids is 1. The van der Waals surface area contributed by atoms with Crippen molar-refractivity contribution in [2.45, 2.75) is 42.4 Å². The topological polar surface area (TPSA) is 26.3 Å². The lowest BCUT2D eigenvalue weighted by molar-refractivity contribution is -0.147. The van der Waals surface area contributed by atoms with Crippen LogP contribution in [0.15, 0.2) is 42.5 Å². The Kier molecular flexibility index (Phi) is 6.80. The molecule has 1 unspecified atom stereocenters. The quantitative estimate of drug-likeness (QED) is 0.268. The van der Waals surface area contributed by atoms with Gasteiger partial charge < -0.3 is 4.74 Å². The molecular weight excluding hydrogens is 539 g/mol. The molecule has 3 rings (SSSR count). The second-order valence-electron chi connectivity index (χ2n) is 8.28. The fourth-order valence-corrected chi connectivity index (χ4v) is 5.70. The molecule has 0 saturated heterocycles. The van der Waals surface area contributed by atoms with Gasteiger partial charge in [-0.05, 0) is 68.9 Å². The Morgan fingerprint density at radius 1 is 1.17 bits per heavy atom. The fourth-order valence-electron chi connectivity index (χ4n) is 4.16. The van der Waals surface area contributed by atoms with Gasteiger partial charge in [-0.25, -0.2) is 0 Å². The summed E-state index contributed by atoms with van der Waals surface area (Å²) in [6.45, 7) is 8.46. The first-order valence-corrected chi connectivity index (χ1v) is 11.9. The first-order valence-electron chi connectivity index (χ1n) is 9.48. The van der Waals surface area contributed by atoms with E-state index in [4.69, 9.17) is 27.9 Å². The standard InChI is InChI=1S/C23H24Br2Cl2O2/c1-13-10-11-16(15-8-6-5-7-9-15)14(2)17(13)12-29-21(28)19-18(22(19,3)4)20(24)23(25,26)27/h5-11,18-20H,12H2,1-4H3/t18-,19+,20?/m1/s1. The molecule has 156 valence electrons. The van der Waals surface area contributed by atoms with Crippen molar-refractivity contribution < 1.29 is 9.53 Å². The summed E-state index contributed by atoms with van der Waals surface area (Å²) in [5.74, 6) is -0.472. The third kappa shape index (κ3) is 4.71. The third-order valence-electron chi connectivity index (χ3n) is 6.07. The van der Waals surface area contributed by atoms with Gasteiger partial charge in [0.15, 0.2) is 3.24 Å². The second kappa shape index (κ2) is 8.53. The van der Waals surface area contributed by atoms with Crippen LogP contribution in [0, 0.1) is 31.1 Å². The highest BCUT2D eigenvalue weighted by atomic mass is 79.9. The van der Waals surface area contributed by atoms with Gasteiger partial charge in [0.25, 0.3) is 0 Å². The van der Waals surface area contributed by atoms with Crippen LogP contribution in [0.5, 0.6) is 0 Å². The second-order valence-corrected chi connectivity index (χ2v) is 12.8. The smallest absolute Gasteiger partial charge is 0.310 e. The third-order valence-corrected chi connectivity index (χ3v) is 9.43.